The molecule has 1 N–H and O–H groups in total. The second-order valence-electron chi connectivity index (χ2n) is 6.27. The van der Waals surface area contributed by atoms with Gasteiger partial charge in [-0.15, -0.1) is 23.5 Å². The average Bonchev–Trinajstić information content (AvgIpc) is 3.39. The van der Waals surface area contributed by atoms with Crippen LogP contribution < -0.4 is 5.32 Å². The van der Waals surface area contributed by atoms with Crippen LogP contribution in [-0.2, 0) is 0 Å². The van der Waals surface area contributed by atoms with E-state index in [9.17, 15) is 9.59 Å². The lowest BCUT2D eigenvalue weighted by Gasteiger charge is -2.09. The molecule has 0 bridgehead atoms. The number of nitrogens with one attached hydrogen (secondary N) is 1. The molecule has 4 rings (SSSR count). The van der Waals surface area contributed by atoms with Crippen LogP contribution in [0.1, 0.15) is 37.1 Å². The maximum atomic E-state index is 12.6. The van der Waals surface area contributed by atoms with Gasteiger partial charge in [-0.05, 0) is 17.7 Å². The van der Waals surface area contributed by atoms with Gasteiger partial charge in [0, 0.05) is 29.6 Å². The van der Waals surface area contributed by atoms with Crippen LogP contribution in [0.4, 0.5) is 5.13 Å². The van der Waals surface area contributed by atoms with Crippen LogP contribution in [0.2, 0.25) is 0 Å². The highest BCUT2D eigenvalue weighted by atomic mass is 32.2. The number of ketones is 1. The number of aromatic nitrogens is 1. The Bertz CT molecular complexity index is 994. The fourth-order valence-electron chi connectivity index (χ4n) is 2.92. The molecule has 2 heterocycles. The standard InChI is InChI=1S/C21H18N2O2S3/c1-13(24)18-17(14-5-3-2-4-6-14)22-21(28-18)23-19(25)15-7-9-16(10-8-15)20-26-11-12-27-20/h2-10,20H,11-12H2,1H3,(H,22,23,25). The van der Waals surface area contributed by atoms with Crippen LogP contribution in [0, 0.1) is 0 Å². The van der Waals surface area contributed by atoms with Crippen molar-refractivity contribution in [2.24, 2.45) is 0 Å². The van der Waals surface area contributed by atoms with Crippen molar-refractivity contribution >= 4 is 51.7 Å². The highest BCUT2D eigenvalue weighted by molar-refractivity contribution is 8.19. The van der Waals surface area contributed by atoms with E-state index in [1.165, 1.54) is 35.3 Å². The number of amides is 1. The molecule has 142 valence electrons. The first-order valence-corrected chi connectivity index (χ1v) is 11.7. The minimum absolute atomic E-state index is 0.0623. The van der Waals surface area contributed by atoms with E-state index in [1.807, 2.05) is 78.1 Å². The van der Waals surface area contributed by atoms with E-state index in [0.29, 0.717) is 25.8 Å². The number of hydrogen-bond donors (Lipinski definition) is 1. The van der Waals surface area contributed by atoms with Gasteiger partial charge in [-0.25, -0.2) is 4.98 Å². The Labute approximate surface area is 176 Å². The molecule has 28 heavy (non-hydrogen) atoms. The maximum absolute atomic E-state index is 12.6. The van der Waals surface area contributed by atoms with Crippen LogP contribution in [0.25, 0.3) is 11.3 Å². The molecule has 2 aromatic carbocycles. The van der Waals surface area contributed by atoms with Crippen LogP contribution in [0.3, 0.4) is 0 Å². The van der Waals surface area contributed by atoms with Gasteiger partial charge in [0.1, 0.15) is 0 Å². The molecular formula is C21H18N2O2S3. The van der Waals surface area contributed by atoms with Crippen LogP contribution >= 0.6 is 34.9 Å². The molecule has 0 radical (unpaired) electrons. The SMILES string of the molecule is CC(=O)c1sc(NC(=O)c2ccc(C3SCCS3)cc2)nc1-c1ccccc1. The number of carbonyl (C=O) groups is 2. The summed E-state index contributed by atoms with van der Waals surface area (Å²) in [6.45, 7) is 1.52. The summed E-state index contributed by atoms with van der Waals surface area (Å²) < 4.78 is 0.461. The number of Topliss-reactive ketones (excluding diaryl/α,β-unsaturated/α-hetero) is 1. The molecule has 1 amide bonds. The molecule has 1 saturated heterocycles. The predicted molar refractivity (Wildman–Crippen MR) is 120 cm³/mol. The molecule has 1 aliphatic heterocycles. The summed E-state index contributed by atoms with van der Waals surface area (Å²) >= 11 is 5.09. The Balaban J connectivity index is 1.53. The minimum atomic E-state index is -0.221. The summed E-state index contributed by atoms with van der Waals surface area (Å²) in [4.78, 5) is 29.7. The van der Waals surface area contributed by atoms with Gasteiger partial charge in [-0.3, -0.25) is 14.9 Å². The zero-order valence-corrected chi connectivity index (χ0v) is 17.6. The quantitative estimate of drug-likeness (QED) is 0.527. The van der Waals surface area contributed by atoms with Crippen molar-refractivity contribution < 1.29 is 9.59 Å². The largest absolute Gasteiger partial charge is 0.298 e. The highest BCUT2D eigenvalue weighted by Gasteiger charge is 2.20. The molecule has 0 unspecified atom stereocenters. The summed E-state index contributed by atoms with van der Waals surface area (Å²) in [5.41, 5.74) is 3.29. The number of hydrogen-bond acceptors (Lipinski definition) is 6. The van der Waals surface area contributed by atoms with E-state index in [4.69, 9.17) is 0 Å². The highest BCUT2D eigenvalue weighted by Crippen LogP contribution is 2.45. The van der Waals surface area contributed by atoms with E-state index in [2.05, 4.69) is 10.3 Å². The second-order valence-corrected chi connectivity index (χ2v) is 9.99. The third-order valence-corrected chi connectivity index (χ3v) is 8.46. The number of rotatable bonds is 5. The maximum Gasteiger partial charge on any atom is 0.257 e. The van der Waals surface area contributed by atoms with Gasteiger partial charge in [0.05, 0.1) is 15.2 Å². The molecule has 3 aromatic rings. The first-order chi connectivity index (χ1) is 13.6. The number of carbonyl (C=O) groups excluding carboxylic acids is 2. The van der Waals surface area contributed by atoms with Crippen molar-refractivity contribution in [1.82, 2.24) is 4.98 Å². The average molecular weight is 427 g/mol. The summed E-state index contributed by atoms with van der Waals surface area (Å²) in [6.07, 6.45) is 0. The van der Waals surface area contributed by atoms with Gasteiger partial charge in [-0.2, -0.15) is 0 Å². The van der Waals surface area contributed by atoms with Crippen LogP contribution in [-0.4, -0.2) is 28.2 Å². The third kappa shape index (κ3) is 4.16. The van der Waals surface area contributed by atoms with E-state index >= 15 is 0 Å². The molecule has 1 aromatic heterocycles. The van der Waals surface area contributed by atoms with Gasteiger partial charge in [-0.1, -0.05) is 53.8 Å². The summed E-state index contributed by atoms with van der Waals surface area (Å²) in [6, 6.07) is 17.3. The minimum Gasteiger partial charge on any atom is -0.298 e. The zero-order chi connectivity index (χ0) is 19.5. The van der Waals surface area contributed by atoms with Crippen LogP contribution in [0.5, 0.6) is 0 Å². The number of thiazole rings is 1. The number of thioether (sulfide) groups is 2. The monoisotopic (exact) mass is 426 g/mol. The summed E-state index contributed by atoms with van der Waals surface area (Å²) in [5.74, 6) is 2.06. The van der Waals surface area contributed by atoms with Crippen molar-refractivity contribution in [3.05, 3.63) is 70.6 Å². The topological polar surface area (TPSA) is 59.1 Å². The van der Waals surface area contributed by atoms with Gasteiger partial charge in [0.25, 0.3) is 5.91 Å². The third-order valence-electron chi connectivity index (χ3n) is 4.28. The van der Waals surface area contributed by atoms with Crippen molar-refractivity contribution in [2.45, 2.75) is 11.5 Å². The van der Waals surface area contributed by atoms with Gasteiger partial charge >= 0.3 is 0 Å². The smallest absolute Gasteiger partial charge is 0.257 e. The molecule has 0 atom stereocenters. The molecular weight excluding hydrogens is 408 g/mol. The van der Waals surface area contributed by atoms with E-state index in [0.717, 1.165) is 5.56 Å². The first kappa shape index (κ1) is 19.2. The Morgan fingerprint density at radius 1 is 1.00 bits per heavy atom. The Hall–Kier alpha value is -2.09. The molecule has 0 spiro atoms. The normalized spacial score (nSPS) is 14.2. The molecule has 1 fully saturated rings. The van der Waals surface area contributed by atoms with Gasteiger partial charge in [0.2, 0.25) is 0 Å². The second kappa shape index (κ2) is 8.51. The lowest BCUT2D eigenvalue weighted by molar-refractivity contribution is 0.101. The van der Waals surface area contributed by atoms with Crippen molar-refractivity contribution in [3.8, 4) is 11.3 Å². The lowest BCUT2D eigenvalue weighted by atomic mass is 10.1. The predicted octanol–water partition coefficient (Wildman–Crippen LogP) is 5.74. The van der Waals surface area contributed by atoms with E-state index < -0.39 is 0 Å². The van der Waals surface area contributed by atoms with E-state index in [-0.39, 0.29) is 11.7 Å². The number of benzene rings is 2. The Morgan fingerprint density at radius 2 is 1.68 bits per heavy atom. The first-order valence-electron chi connectivity index (χ1n) is 8.83. The Morgan fingerprint density at radius 3 is 2.32 bits per heavy atom. The molecule has 4 nitrogen and oxygen atoms in total. The molecule has 0 aliphatic carbocycles. The Kier molecular flexibility index (Phi) is 5.85. The number of nitrogens with zero attached hydrogens (tertiary/aromatic N) is 1. The summed E-state index contributed by atoms with van der Waals surface area (Å²) in [7, 11) is 0. The zero-order valence-electron chi connectivity index (χ0n) is 15.2. The molecule has 7 heteroatoms. The fraction of sp³-hybridized carbons (Fsp3) is 0.190. The van der Waals surface area contributed by atoms with Gasteiger partial charge < -0.3 is 0 Å². The van der Waals surface area contributed by atoms with E-state index in [1.54, 1.807) is 0 Å². The van der Waals surface area contributed by atoms with Gasteiger partial charge in [0.15, 0.2) is 10.9 Å². The van der Waals surface area contributed by atoms with Crippen molar-refractivity contribution in [3.63, 3.8) is 0 Å². The van der Waals surface area contributed by atoms with Crippen LogP contribution in [0.15, 0.2) is 54.6 Å². The number of anilines is 1. The summed E-state index contributed by atoms with van der Waals surface area (Å²) in [5, 5.41) is 3.27. The fourth-order valence-corrected chi connectivity index (χ4v) is 6.65. The molecule has 0 saturated carbocycles. The molecule has 1 aliphatic rings. The van der Waals surface area contributed by atoms with Crippen molar-refractivity contribution in [1.29, 1.82) is 0 Å². The lowest BCUT2D eigenvalue weighted by Crippen LogP contribution is -2.11. The van der Waals surface area contributed by atoms with Crippen molar-refractivity contribution in [2.75, 3.05) is 16.8 Å².